The number of H-pyrrole nitrogens is 1. The molecule has 2 N–H and O–H groups in total. The summed E-state index contributed by atoms with van der Waals surface area (Å²) in [7, 11) is 0. The molecule has 4 nitrogen and oxygen atoms in total. The standard InChI is InChI=1S/C12H16N4S/c1-3-13-9(2)10-4-6-11(7-5-10)17-12-14-8-15-16-12/h4-9,13H,3H2,1-2H3,(H,14,15,16). The van der Waals surface area contributed by atoms with Crippen LogP contribution in [0.5, 0.6) is 0 Å². The number of aromatic nitrogens is 3. The van der Waals surface area contributed by atoms with E-state index in [0.29, 0.717) is 6.04 Å². The van der Waals surface area contributed by atoms with Crippen molar-refractivity contribution in [2.45, 2.75) is 29.9 Å². The highest BCUT2D eigenvalue weighted by molar-refractivity contribution is 7.99. The fourth-order valence-electron chi connectivity index (χ4n) is 1.60. The SMILES string of the molecule is CCNC(C)c1ccc(Sc2ncn[nH]2)cc1. The lowest BCUT2D eigenvalue weighted by Gasteiger charge is -2.12. The molecule has 5 heteroatoms. The molecule has 1 atom stereocenters. The summed E-state index contributed by atoms with van der Waals surface area (Å²) in [6.45, 7) is 5.27. The maximum absolute atomic E-state index is 4.08. The van der Waals surface area contributed by atoms with Crippen LogP contribution >= 0.6 is 11.8 Å². The van der Waals surface area contributed by atoms with Crippen molar-refractivity contribution in [1.82, 2.24) is 20.5 Å². The van der Waals surface area contributed by atoms with Crippen LogP contribution in [0, 0.1) is 0 Å². The van der Waals surface area contributed by atoms with Crippen molar-refractivity contribution in [3.05, 3.63) is 36.2 Å². The number of hydrogen-bond donors (Lipinski definition) is 2. The minimum Gasteiger partial charge on any atom is -0.310 e. The Morgan fingerprint density at radius 3 is 2.71 bits per heavy atom. The van der Waals surface area contributed by atoms with Gasteiger partial charge in [0, 0.05) is 10.9 Å². The number of nitrogens with one attached hydrogen (secondary N) is 2. The van der Waals surface area contributed by atoms with Crippen LogP contribution in [0.1, 0.15) is 25.5 Å². The van der Waals surface area contributed by atoms with E-state index in [9.17, 15) is 0 Å². The van der Waals surface area contributed by atoms with E-state index in [1.807, 2.05) is 0 Å². The summed E-state index contributed by atoms with van der Waals surface area (Å²) in [5.41, 5.74) is 1.30. The van der Waals surface area contributed by atoms with Gasteiger partial charge in [-0.05, 0) is 31.2 Å². The Morgan fingerprint density at radius 1 is 1.35 bits per heavy atom. The van der Waals surface area contributed by atoms with Gasteiger partial charge in [0.05, 0.1) is 0 Å². The number of hydrogen-bond acceptors (Lipinski definition) is 4. The van der Waals surface area contributed by atoms with Crippen molar-refractivity contribution in [1.29, 1.82) is 0 Å². The molecule has 1 unspecified atom stereocenters. The minimum atomic E-state index is 0.393. The number of benzene rings is 1. The van der Waals surface area contributed by atoms with Gasteiger partial charge < -0.3 is 5.32 Å². The van der Waals surface area contributed by atoms with Gasteiger partial charge in [-0.1, -0.05) is 30.8 Å². The lowest BCUT2D eigenvalue weighted by molar-refractivity contribution is 0.598. The van der Waals surface area contributed by atoms with Crippen molar-refractivity contribution in [3.63, 3.8) is 0 Å². The largest absolute Gasteiger partial charge is 0.310 e. The van der Waals surface area contributed by atoms with Crippen molar-refractivity contribution in [2.24, 2.45) is 0 Å². The number of rotatable bonds is 5. The molecule has 1 heterocycles. The second-order valence-corrected chi connectivity index (χ2v) is 4.80. The quantitative estimate of drug-likeness (QED) is 0.854. The third-order valence-corrected chi connectivity index (χ3v) is 3.40. The Bertz CT molecular complexity index is 438. The predicted octanol–water partition coefficient (Wildman–Crippen LogP) is 2.63. The number of aromatic amines is 1. The first-order chi connectivity index (χ1) is 8.29. The summed E-state index contributed by atoms with van der Waals surface area (Å²) >= 11 is 1.58. The van der Waals surface area contributed by atoms with E-state index in [2.05, 4.69) is 58.6 Å². The molecule has 90 valence electrons. The fourth-order valence-corrected chi connectivity index (χ4v) is 2.30. The molecule has 0 bridgehead atoms. The van der Waals surface area contributed by atoms with Crippen molar-refractivity contribution in [3.8, 4) is 0 Å². The minimum absolute atomic E-state index is 0.393. The summed E-state index contributed by atoms with van der Waals surface area (Å²) in [6.07, 6.45) is 1.52. The Labute approximate surface area is 105 Å². The maximum atomic E-state index is 4.08. The Hall–Kier alpha value is -1.33. The molecule has 0 aliphatic carbocycles. The topological polar surface area (TPSA) is 53.6 Å². The summed E-state index contributed by atoms with van der Waals surface area (Å²) in [6, 6.07) is 8.90. The lowest BCUT2D eigenvalue weighted by atomic mass is 10.1. The van der Waals surface area contributed by atoms with E-state index in [0.717, 1.165) is 16.6 Å². The zero-order valence-electron chi connectivity index (χ0n) is 9.97. The third-order valence-electron chi connectivity index (χ3n) is 2.50. The Balaban J connectivity index is 2.02. The molecule has 2 aromatic rings. The highest BCUT2D eigenvalue weighted by Crippen LogP contribution is 2.25. The summed E-state index contributed by atoms with van der Waals surface area (Å²) in [4.78, 5) is 5.24. The van der Waals surface area contributed by atoms with Gasteiger partial charge in [0.25, 0.3) is 0 Å². The molecule has 0 saturated heterocycles. The van der Waals surface area contributed by atoms with Gasteiger partial charge >= 0.3 is 0 Å². The molecule has 0 fully saturated rings. The van der Waals surface area contributed by atoms with Crippen LogP contribution in [-0.4, -0.2) is 21.7 Å². The Morgan fingerprint density at radius 2 is 2.12 bits per heavy atom. The first kappa shape index (κ1) is 12.1. The normalized spacial score (nSPS) is 12.6. The van der Waals surface area contributed by atoms with Crippen LogP contribution in [0.15, 0.2) is 40.6 Å². The van der Waals surface area contributed by atoms with Gasteiger partial charge in [-0.3, -0.25) is 5.10 Å². The average Bonchev–Trinajstić information content (AvgIpc) is 2.83. The van der Waals surface area contributed by atoms with Crippen LogP contribution in [0.25, 0.3) is 0 Å². The second kappa shape index (κ2) is 5.84. The van der Waals surface area contributed by atoms with Crippen LogP contribution < -0.4 is 5.32 Å². The van der Waals surface area contributed by atoms with Crippen LogP contribution in [0.4, 0.5) is 0 Å². The highest BCUT2D eigenvalue weighted by atomic mass is 32.2. The molecular weight excluding hydrogens is 232 g/mol. The molecule has 1 aromatic heterocycles. The van der Waals surface area contributed by atoms with Crippen molar-refractivity contribution >= 4 is 11.8 Å². The zero-order valence-corrected chi connectivity index (χ0v) is 10.8. The van der Waals surface area contributed by atoms with Gasteiger partial charge in [0.2, 0.25) is 0 Å². The van der Waals surface area contributed by atoms with Crippen LogP contribution in [-0.2, 0) is 0 Å². The molecule has 1 aromatic carbocycles. The van der Waals surface area contributed by atoms with Crippen LogP contribution in [0.3, 0.4) is 0 Å². The van der Waals surface area contributed by atoms with Gasteiger partial charge in [0.15, 0.2) is 5.16 Å². The van der Waals surface area contributed by atoms with Crippen LogP contribution in [0.2, 0.25) is 0 Å². The van der Waals surface area contributed by atoms with E-state index in [1.54, 1.807) is 11.8 Å². The molecule has 17 heavy (non-hydrogen) atoms. The van der Waals surface area contributed by atoms with E-state index in [4.69, 9.17) is 0 Å². The van der Waals surface area contributed by atoms with Gasteiger partial charge in [-0.15, -0.1) is 0 Å². The van der Waals surface area contributed by atoms with E-state index in [-0.39, 0.29) is 0 Å². The third kappa shape index (κ3) is 3.31. The molecule has 0 aliphatic rings. The molecule has 0 saturated carbocycles. The molecular formula is C12H16N4S. The first-order valence-electron chi connectivity index (χ1n) is 5.66. The van der Waals surface area contributed by atoms with Crippen molar-refractivity contribution in [2.75, 3.05) is 6.54 Å². The molecule has 0 spiro atoms. The molecule has 0 radical (unpaired) electrons. The van der Waals surface area contributed by atoms with Gasteiger partial charge in [-0.2, -0.15) is 5.10 Å². The molecule has 0 amide bonds. The van der Waals surface area contributed by atoms with E-state index >= 15 is 0 Å². The van der Waals surface area contributed by atoms with Gasteiger partial charge in [-0.25, -0.2) is 4.98 Å². The highest BCUT2D eigenvalue weighted by Gasteiger charge is 2.04. The number of nitrogens with zero attached hydrogens (tertiary/aromatic N) is 2. The fraction of sp³-hybridized carbons (Fsp3) is 0.333. The molecule has 2 rings (SSSR count). The lowest BCUT2D eigenvalue weighted by Crippen LogP contribution is -2.17. The summed E-state index contributed by atoms with van der Waals surface area (Å²) in [5.74, 6) is 0. The Kier molecular flexibility index (Phi) is 4.17. The first-order valence-corrected chi connectivity index (χ1v) is 6.48. The van der Waals surface area contributed by atoms with Gasteiger partial charge in [0.1, 0.15) is 6.33 Å². The van der Waals surface area contributed by atoms with E-state index < -0.39 is 0 Å². The summed E-state index contributed by atoms with van der Waals surface area (Å²) < 4.78 is 0. The predicted molar refractivity (Wildman–Crippen MR) is 69.0 cm³/mol. The van der Waals surface area contributed by atoms with Crippen molar-refractivity contribution < 1.29 is 0 Å². The monoisotopic (exact) mass is 248 g/mol. The second-order valence-electron chi connectivity index (χ2n) is 3.74. The smallest absolute Gasteiger partial charge is 0.188 e. The summed E-state index contributed by atoms with van der Waals surface area (Å²) in [5, 5.41) is 10.9. The molecule has 0 aliphatic heterocycles. The average molecular weight is 248 g/mol. The maximum Gasteiger partial charge on any atom is 0.188 e. The van der Waals surface area contributed by atoms with E-state index in [1.165, 1.54) is 11.9 Å². The zero-order chi connectivity index (χ0) is 12.1.